The van der Waals surface area contributed by atoms with Crippen molar-refractivity contribution in [2.45, 2.75) is 51.6 Å². The largest absolute Gasteiger partial charge is 0.483 e. The van der Waals surface area contributed by atoms with Crippen LogP contribution in [0.1, 0.15) is 44.6 Å². The Balaban J connectivity index is 1.79. The van der Waals surface area contributed by atoms with Crippen LogP contribution in [0.3, 0.4) is 0 Å². The van der Waals surface area contributed by atoms with Crippen LogP contribution in [0.15, 0.2) is 24.3 Å². The van der Waals surface area contributed by atoms with Gasteiger partial charge in [0.15, 0.2) is 6.61 Å². The molecule has 2 unspecified atom stereocenters. The van der Waals surface area contributed by atoms with E-state index in [1.54, 1.807) is 0 Å². The fourth-order valence-corrected chi connectivity index (χ4v) is 2.86. The van der Waals surface area contributed by atoms with Crippen LogP contribution in [0, 0.1) is 5.92 Å². The van der Waals surface area contributed by atoms with Crippen LogP contribution >= 0.6 is 0 Å². The summed E-state index contributed by atoms with van der Waals surface area (Å²) < 4.78 is 5.59. The Morgan fingerprint density at radius 3 is 2.90 bits per heavy atom. The SMILES string of the molecule is CC1CCCC(NC(=O)COc2ccccc2CN)CC1. The van der Waals surface area contributed by atoms with Gasteiger partial charge in [0.25, 0.3) is 5.91 Å². The Labute approximate surface area is 127 Å². The van der Waals surface area contributed by atoms with E-state index >= 15 is 0 Å². The van der Waals surface area contributed by atoms with E-state index in [-0.39, 0.29) is 12.5 Å². The van der Waals surface area contributed by atoms with E-state index in [0.29, 0.717) is 18.3 Å². The molecule has 4 nitrogen and oxygen atoms in total. The molecule has 1 amide bonds. The molecule has 1 aliphatic carbocycles. The number of rotatable bonds is 5. The zero-order valence-electron chi connectivity index (χ0n) is 12.8. The molecule has 0 aliphatic heterocycles. The molecule has 1 aromatic carbocycles. The highest BCUT2D eigenvalue weighted by atomic mass is 16.5. The van der Waals surface area contributed by atoms with Gasteiger partial charge in [0.1, 0.15) is 5.75 Å². The van der Waals surface area contributed by atoms with Gasteiger partial charge in [-0.3, -0.25) is 4.79 Å². The third kappa shape index (κ3) is 5.05. The van der Waals surface area contributed by atoms with Crippen LogP contribution < -0.4 is 15.8 Å². The van der Waals surface area contributed by atoms with Crippen molar-refractivity contribution in [3.8, 4) is 5.75 Å². The van der Waals surface area contributed by atoms with E-state index in [1.165, 1.54) is 19.3 Å². The van der Waals surface area contributed by atoms with Crippen molar-refractivity contribution in [2.24, 2.45) is 11.7 Å². The summed E-state index contributed by atoms with van der Waals surface area (Å²) in [6.07, 6.45) is 5.82. The lowest BCUT2D eigenvalue weighted by Crippen LogP contribution is -2.37. The summed E-state index contributed by atoms with van der Waals surface area (Å²) >= 11 is 0. The average molecular weight is 290 g/mol. The highest BCUT2D eigenvalue weighted by Gasteiger charge is 2.18. The number of nitrogens with one attached hydrogen (secondary N) is 1. The predicted octanol–water partition coefficient (Wildman–Crippen LogP) is 2.61. The Kier molecular flexibility index (Phi) is 6.05. The third-order valence-electron chi connectivity index (χ3n) is 4.17. The van der Waals surface area contributed by atoms with Gasteiger partial charge in [-0.05, 0) is 31.2 Å². The molecule has 2 rings (SSSR count). The number of amides is 1. The van der Waals surface area contributed by atoms with Gasteiger partial charge in [0, 0.05) is 18.2 Å². The van der Waals surface area contributed by atoms with Crippen LogP contribution in [0.4, 0.5) is 0 Å². The van der Waals surface area contributed by atoms with E-state index in [0.717, 1.165) is 24.3 Å². The van der Waals surface area contributed by atoms with Crippen LogP contribution in [0.25, 0.3) is 0 Å². The van der Waals surface area contributed by atoms with E-state index < -0.39 is 0 Å². The summed E-state index contributed by atoms with van der Waals surface area (Å²) in [5.74, 6) is 1.44. The molecular formula is C17H26N2O2. The van der Waals surface area contributed by atoms with E-state index in [4.69, 9.17) is 10.5 Å². The number of ether oxygens (including phenoxy) is 1. The first-order valence-corrected chi connectivity index (χ1v) is 7.89. The number of benzene rings is 1. The maximum Gasteiger partial charge on any atom is 0.258 e. The lowest BCUT2D eigenvalue weighted by molar-refractivity contribution is -0.123. The Hall–Kier alpha value is -1.55. The van der Waals surface area contributed by atoms with Crippen LogP contribution in [-0.4, -0.2) is 18.6 Å². The van der Waals surface area contributed by atoms with Gasteiger partial charge in [-0.2, -0.15) is 0 Å². The molecule has 0 radical (unpaired) electrons. The third-order valence-corrected chi connectivity index (χ3v) is 4.17. The summed E-state index contributed by atoms with van der Waals surface area (Å²) in [4.78, 5) is 12.0. The van der Waals surface area contributed by atoms with Gasteiger partial charge in [0.2, 0.25) is 0 Å². The number of hydrogen-bond donors (Lipinski definition) is 2. The summed E-state index contributed by atoms with van der Waals surface area (Å²) in [5.41, 5.74) is 6.58. The first kappa shape index (κ1) is 15.8. The van der Waals surface area contributed by atoms with Crippen molar-refractivity contribution >= 4 is 5.91 Å². The number of carbonyl (C=O) groups is 1. The van der Waals surface area contributed by atoms with Gasteiger partial charge in [0.05, 0.1) is 0 Å². The molecule has 1 aliphatic rings. The minimum atomic E-state index is -0.0404. The molecule has 1 saturated carbocycles. The second-order valence-electron chi connectivity index (χ2n) is 5.98. The monoisotopic (exact) mass is 290 g/mol. The second kappa shape index (κ2) is 8.03. The number of carbonyl (C=O) groups excluding carboxylic acids is 1. The normalized spacial score (nSPS) is 22.4. The van der Waals surface area contributed by atoms with Gasteiger partial charge in [-0.25, -0.2) is 0 Å². The van der Waals surface area contributed by atoms with Crippen molar-refractivity contribution in [3.63, 3.8) is 0 Å². The first-order chi connectivity index (χ1) is 10.2. The molecular weight excluding hydrogens is 264 g/mol. The molecule has 0 saturated heterocycles. The molecule has 116 valence electrons. The van der Waals surface area contributed by atoms with Crippen molar-refractivity contribution < 1.29 is 9.53 Å². The van der Waals surface area contributed by atoms with Crippen molar-refractivity contribution in [2.75, 3.05) is 6.61 Å². The van der Waals surface area contributed by atoms with E-state index in [1.807, 2.05) is 24.3 Å². The topological polar surface area (TPSA) is 64.3 Å². The van der Waals surface area contributed by atoms with Crippen molar-refractivity contribution in [1.82, 2.24) is 5.32 Å². The first-order valence-electron chi connectivity index (χ1n) is 7.89. The predicted molar refractivity (Wildman–Crippen MR) is 84.0 cm³/mol. The Morgan fingerprint density at radius 1 is 1.29 bits per heavy atom. The fraction of sp³-hybridized carbons (Fsp3) is 0.588. The summed E-state index contributed by atoms with van der Waals surface area (Å²) in [7, 11) is 0. The Bertz CT molecular complexity index is 462. The number of para-hydroxylation sites is 1. The van der Waals surface area contributed by atoms with Crippen LogP contribution in [-0.2, 0) is 11.3 Å². The molecule has 21 heavy (non-hydrogen) atoms. The standard InChI is InChI=1S/C17H26N2O2/c1-13-5-4-7-15(10-9-13)19-17(20)12-21-16-8-3-2-6-14(16)11-18/h2-3,6,8,13,15H,4-5,7,9-12,18H2,1H3,(H,19,20). The minimum Gasteiger partial charge on any atom is -0.483 e. The summed E-state index contributed by atoms with van der Waals surface area (Å²) in [6.45, 7) is 2.76. The maximum absolute atomic E-state index is 12.0. The molecule has 2 atom stereocenters. The van der Waals surface area contributed by atoms with Gasteiger partial charge in [-0.15, -0.1) is 0 Å². The molecule has 3 N–H and O–H groups in total. The minimum absolute atomic E-state index is 0.0404. The highest BCUT2D eigenvalue weighted by Crippen LogP contribution is 2.22. The highest BCUT2D eigenvalue weighted by molar-refractivity contribution is 5.77. The lowest BCUT2D eigenvalue weighted by atomic mass is 10.0. The average Bonchev–Trinajstić information content (AvgIpc) is 2.70. The molecule has 4 heteroatoms. The number of nitrogens with two attached hydrogens (primary N) is 1. The molecule has 1 aromatic rings. The van der Waals surface area contributed by atoms with Crippen molar-refractivity contribution in [3.05, 3.63) is 29.8 Å². The van der Waals surface area contributed by atoms with Gasteiger partial charge in [-0.1, -0.05) is 38.0 Å². The molecule has 0 heterocycles. The van der Waals surface area contributed by atoms with Crippen LogP contribution in [0.2, 0.25) is 0 Å². The maximum atomic E-state index is 12.0. The quantitative estimate of drug-likeness (QED) is 0.819. The summed E-state index contributed by atoms with van der Waals surface area (Å²) in [6, 6.07) is 7.87. The van der Waals surface area contributed by atoms with E-state index in [2.05, 4.69) is 12.2 Å². The lowest BCUT2D eigenvalue weighted by Gasteiger charge is -2.17. The zero-order valence-corrected chi connectivity index (χ0v) is 12.8. The number of hydrogen-bond acceptors (Lipinski definition) is 3. The molecule has 0 bridgehead atoms. The molecule has 1 fully saturated rings. The zero-order chi connectivity index (χ0) is 15.1. The van der Waals surface area contributed by atoms with Gasteiger partial charge >= 0.3 is 0 Å². The fourth-order valence-electron chi connectivity index (χ4n) is 2.86. The smallest absolute Gasteiger partial charge is 0.258 e. The summed E-state index contributed by atoms with van der Waals surface area (Å²) in [5, 5.41) is 3.09. The molecule has 0 aromatic heterocycles. The van der Waals surface area contributed by atoms with Crippen LogP contribution in [0.5, 0.6) is 5.75 Å². The second-order valence-corrected chi connectivity index (χ2v) is 5.98. The molecule has 0 spiro atoms. The van der Waals surface area contributed by atoms with Crippen molar-refractivity contribution in [1.29, 1.82) is 0 Å². The van der Waals surface area contributed by atoms with E-state index in [9.17, 15) is 4.79 Å². The Morgan fingerprint density at radius 2 is 2.10 bits per heavy atom. The van der Waals surface area contributed by atoms with Gasteiger partial charge < -0.3 is 15.8 Å².